The molecule has 1 saturated heterocycles. The van der Waals surface area contributed by atoms with E-state index in [1.807, 2.05) is 0 Å². The molecule has 3 rings (SSSR count). The van der Waals surface area contributed by atoms with Gasteiger partial charge in [0, 0.05) is 12.0 Å². The fraction of sp³-hybridized carbons (Fsp3) is 0.618. The van der Waals surface area contributed by atoms with E-state index in [4.69, 9.17) is 18.9 Å². The lowest BCUT2D eigenvalue weighted by Crippen LogP contribution is -2.76. The van der Waals surface area contributed by atoms with Crippen LogP contribution in [0.1, 0.15) is 49.4 Å². The Morgan fingerprint density at radius 2 is 0.983 bits per heavy atom. The highest BCUT2D eigenvalue weighted by Gasteiger charge is 2.97. The molecule has 25 heteroatoms. The second-order valence-corrected chi connectivity index (χ2v) is 13.2. The molecule has 59 heavy (non-hydrogen) atoms. The predicted molar refractivity (Wildman–Crippen MR) is 162 cm³/mol. The molecule has 0 saturated carbocycles. The molecule has 0 N–H and O–H groups in total. The molecule has 2 aromatic rings. The smallest absolute Gasteiger partial charge is 0.471 e. The number of unbranched alkanes of at least 4 members (excludes halogenated alkanes) is 3. The lowest BCUT2D eigenvalue weighted by atomic mass is 9.84. The molecule has 0 aromatic heterocycles. The van der Waals surface area contributed by atoms with Crippen molar-refractivity contribution in [3.8, 4) is 17.2 Å². The average molecular weight is 897 g/mol. The number of halogens is 19. The van der Waals surface area contributed by atoms with Crippen LogP contribution >= 0.6 is 0 Å². The Hall–Kier alpha value is -3.90. The molecule has 0 amide bonds. The Balaban J connectivity index is 1.58. The third-order valence-electron chi connectivity index (χ3n) is 8.88. The van der Waals surface area contributed by atoms with Crippen LogP contribution in [0.5, 0.6) is 17.2 Å². The van der Waals surface area contributed by atoms with E-state index in [0.717, 1.165) is 25.7 Å². The molecule has 0 spiro atoms. The number of ether oxygens (including phenoxy) is 5. The van der Waals surface area contributed by atoms with Crippen molar-refractivity contribution in [1.29, 1.82) is 0 Å². The van der Waals surface area contributed by atoms with Gasteiger partial charge in [-0.15, -0.1) is 0 Å². The minimum atomic E-state index is -9.04. The Kier molecular flexibility index (Phi) is 14.4. The summed E-state index contributed by atoms with van der Waals surface area (Å²) in [6, 6.07) is 6.20. The topological polar surface area (TPSA) is 63.2 Å². The van der Waals surface area contributed by atoms with Gasteiger partial charge in [0.25, 0.3) is 0 Å². The maximum atomic E-state index is 14.2. The summed E-state index contributed by atoms with van der Waals surface area (Å²) in [5.41, 5.74) is -0.0629. The molecule has 336 valence electrons. The van der Waals surface area contributed by atoms with Crippen LogP contribution < -0.4 is 14.2 Å². The van der Waals surface area contributed by atoms with Crippen LogP contribution in [0.2, 0.25) is 0 Å². The normalized spacial score (nSPS) is 16.1. The summed E-state index contributed by atoms with van der Waals surface area (Å²) >= 11 is 0. The molecule has 0 atom stereocenters. The lowest BCUT2D eigenvalue weighted by molar-refractivity contribution is -0.476. The molecule has 1 aliphatic rings. The van der Waals surface area contributed by atoms with E-state index in [2.05, 4.69) is 11.7 Å². The zero-order valence-corrected chi connectivity index (χ0v) is 29.8. The number of esters is 1. The summed E-state index contributed by atoms with van der Waals surface area (Å²) in [6.07, 6.45) is -11.0. The fourth-order valence-corrected chi connectivity index (χ4v) is 4.91. The molecule has 1 aliphatic heterocycles. The summed E-state index contributed by atoms with van der Waals surface area (Å²) in [5.74, 6) is -64.2. The molecular weight excluding hydrogens is 865 g/mol. The van der Waals surface area contributed by atoms with Crippen LogP contribution in [0, 0.1) is 5.41 Å². The van der Waals surface area contributed by atoms with Crippen molar-refractivity contribution in [1.82, 2.24) is 0 Å². The van der Waals surface area contributed by atoms with Gasteiger partial charge in [-0.1, -0.05) is 13.3 Å². The van der Waals surface area contributed by atoms with Crippen LogP contribution in [0.25, 0.3) is 0 Å². The van der Waals surface area contributed by atoms with Gasteiger partial charge in [-0.2, -0.15) is 83.4 Å². The minimum Gasteiger partial charge on any atom is -0.494 e. The number of hydrogen-bond acceptors (Lipinski definition) is 6. The van der Waals surface area contributed by atoms with Gasteiger partial charge in [-0.25, -0.2) is 4.79 Å². The number of rotatable bonds is 22. The van der Waals surface area contributed by atoms with E-state index in [0.29, 0.717) is 57.3 Å². The van der Waals surface area contributed by atoms with Crippen molar-refractivity contribution in [2.24, 2.45) is 5.41 Å². The van der Waals surface area contributed by atoms with Crippen molar-refractivity contribution in [3.63, 3.8) is 0 Å². The van der Waals surface area contributed by atoms with Gasteiger partial charge in [0.2, 0.25) is 0 Å². The first-order valence-corrected chi connectivity index (χ1v) is 16.8. The Bertz CT molecular complexity index is 1690. The number of benzene rings is 2. The van der Waals surface area contributed by atoms with Crippen molar-refractivity contribution >= 4 is 5.97 Å². The second-order valence-electron chi connectivity index (χ2n) is 13.2. The largest absolute Gasteiger partial charge is 0.494 e. The van der Waals surface area contributed by atoms with Crippen LogP contribution in [0.3, 0.4) is 0 Å². The van der Waals surface area contributed by atoms with Crippen LogP contribution in [-0.2, 0) is 9.47 Å². The quantitative estimate of drug-likeness (QED) is 0.0508. The maximum Gasteiger partial charge on any atom is 0.471 e. The first kappa shape index (κ1) is 49.5. The van der Waals surface area contributed by atoms with Crippen molar-refractivity contribution in [2.45, 2.75) is 92.8 Å². The number of hydrogen-bond donors (Lipinski definition) is 0. The minimum absolute atomic E-state index is 0.0968. The monoisotopic (exact) mass is 896 g/mol. The molecule has 1 heterocycles. The van der Waals surface area contributed by atoms with E-state index >= 15 is 0 Å². The summed E-state index contributed by atoms with van der Waals surface area (Å²) in [7, 11) is 0. The molecule has 1 fully saturated rings. The molecule has 6 nitrogen and oxygen atoms in total. The third-order valence-corrected chi connectivity index (χ3v) is 8.88. The Morgan fingerprint density at radius 1 is 0.559 bits per heavy atom. The van der Waals surface area contributed by atoms with Crippen molar-refractivity contribution in [2.75, 3.05) is 33.0 Å². The van der Waals surface area contributed by atoms with Crippen LogP contribution in [0.4, 0.5) is 83.4 Å². The third kappa shape index (κ3) is 9.38. The van der Waals surface area contributed by atoms with Gasteiger partial charge >= 0.3 is 59.7 Å². The molecule has 2 aromatic carbocycles. The van der Waals surface area contributed by atoms with Crippen LogP contribution in [-0.4, -0.2) is 92.7 Å². The summed E-state index contributed by atoms with van der Waals surface area (Å²) in [5, 5.41) is 0. The van der Waals surface area contributed by atoms with Crippen LogP contribution in [0.15, 0.2) is 48.5 Å². The standard InChI is InChI=1S/C34H31F19O6/c1-2-25(18-56-19-25)17-55-15-5-3-4-6-16-57-21-9-7-20(8-10-21)24(54)58-22-11-13-23(14-12-22)59-34(52,53)32(47,48)30(43,44)28(39,40)26(35,36)27(37,38)29(41,42)31(45,46)33(49,50)51/h7-14H,2-6,15-19H2,1H3. The van der Waals surface area contributed by atoms with E-state index in [1.54, 1.807) is 0 Å². The Morgan fingerprint density at radius 3 is 1.42 bits per heavy atom. The first-order valence-electron chi connectivity index (χ1n) is 16.8. The van der Waals surface area contributed by atoms with E-state index in [-0.39, 0.29) is 23.1 Å². The highest BCUT2D eigenvalue weighted by atomic mass is 19.4. The summed E-state index contributed by atoms with van der Waals surface area (Å²) < 4.78 is 282. The first-order chi connectivity index (χ1) is 26.8. The highest BCUT2D eigenvalue weighted by Crippen LogP contribution is 2.65. The molecule has 0 unspecified atom stereocenters. The summed E-state index contributed by atoms with van der Waals surface area (Å²) in [6.45, 7) is 4.99. The Labute approximate surface area is 320 Å². The number of carbonyl (C=O) groups excluding carboxylic acids is 1. The lowest BCUT2D eigenvalue weighted by Gasteiger charge is -2.43. The highest BCUT2D eigenvalue weighted by molar-refractivity contribution is 5.91. The molecule has 0 radical (unpaired) electrons. The molecule has 0 aliphatic carbocycles. The molecule has 0 bridgehead atoms. The van der Waals surface area contributed by atoms with Gasteiger partial charge in [0.1, 0.15) is 17.2 Å². The van der Waals surface area contributed by atoms with E-state index in [1.165, 1.54) is 24.3 Å². The fourth-order valence-electron chi connectivity index (χ4n) is 4.91. The number of carbonyl (C=O) groups is 1. The predicted octanol–water partition coefficient (Wildman–Crippen LogP) is 11.3. The van der Waals surface area contributed by atoms with Gasteiger partial charge < -0.3 is 23.7 Å². The summed E-state index contributed by atoms with van der Waals surface area (Å²) in [4.78, 5) is 12.4. The van der Waals surface area contributed by atoms with Gasteiger partial charge in [0.15, 0.2) is 0 Å². The average Bonchev–Trinajstić information content (AvgIpc) is 3.11. The van der Waals surface area contributed by atoms with Crippen molar-refractivity contribution in [3.05, 3.63) is 54.1 Å². The maximum absolute atomic E-state index is 14.2. The van der Waals surface area contributed by atoms with Gasteiger partial charge in [-0.05, 0) is 74.2 Å². The zero-order chi connectivity index (χ0) is 45.2. The number of alkyl halides is 19. The van der Waals surface area contributed by atoms with Crippen molar-refractivity contribution < 1.29 is 112 Å². The molecular formula is C34H31F19O6. The van der Waals surface area contributed by atoms with Gasteiger partial charge in [-0.3, -0.25) is 0 Å². The van der Waals surface area contributed by atoms with E-state index in [9.17, 15) is 88.2 Å². The zero-order valence-electron chi connectivity index (χ0n) is 29.8. The van der Waals surface area contributed by atoms with Gasteiger partial charge in [0.05, 0.1) is 32.0 Å². The second kappa shape index (κ2) is 17.2. The SMILES string of the molecule is CCC1(COCCCCCCOc2ccc(C(=O)Oc3ccc(OC(F)(F)C(F)(F)C(F)(F)C(F)(F)C(F)(F)C(F)(F)C(F)(F)C(F)(F)C(F)(F)F)cc3)cc2)COC1. The van der Waals surface area contributed by atoms with E-state index < -0.39 is 71.2 Å².